The Morgan fingerprint density at radius 2 is 0.583 bits per heavy atom. The first-order valence-electron chi connectivity index (χ1n) is 12.2. The lowest BCUT2D eigenvalue weighted by Crippen LogP contribution is -2.19. The number of hydrogen-bond acceptors (Lipinski definition) is 2. The van der Waals surface area contributed by atoms with Crippen LogP contribution >= 0.6 is 15.8 Å². The van der Waals surface area contributed by atoms with E-state index in [0.29, 0.717) is 0 Å². The van der Waals surface area contributed by atoms with Crippen molar-refractivity contribution in [1.29, 1.82) is 0 Å². The fourth-order valence-corrected chi connectivity index (χ4v) is 8.33. The Bertz CT molecular complexity index is 1150. The van der Waals surface area contributed by atoms with E-state index in [1.807, 2.05) is 0 Å². The SMILES string of the molecule is c1ccc(P(CNc2ccccc2NCP(c2ccccc2)c2ccccc2)c2ccccc2)cc1. The van der Waals surface area contributed by atoms with E-state index < -0.39 is 15.8 Å². The van der Waals surface area contributed by atoms with Crippen LogP contribution in [-0.2, 0) is 0 Å². The largest absolute Gasteiger partial charge is 0.379 e. The van der Waals surface area contributed by atoms with Crippen molar-refractivity contribution in [2.45, 2.75) is 0 Å². The van der Waals surface area contributed by atoms with Crippen molar-refractivity contribution >= 4 is 48.4 Å². The fraction of sp³-hybridized carbons (Fsp3) is 0.0625. The number of nitrogens with one attached hydrogen (secondary N) is 2. The van der Waals surface area contributed by atoms with E-state index in [2.05, 4.69) is 156 Å². The van der Waals surface area contributed by atoms with E-state index in [0.717, 1.165) is 23.9 Å². The highest BCUT2D eigenvalue weighted by atomic mass is 31.1. The summed E-state index contributed by atoms with van der Waals surface area (Å²) in [5.41, 5.74) is 2.29. The normalized spacial score (nSPS) is 10.9. The summed E-state index contributed by atoms with van der Waals surface area (Å²) in [6.07, 6.45) is 1.77. The maximum Gasteiger partial charge on any atom is 0.0579 e. The molecule has 0 unspecified atom stereocenters. The van der Waals surface area contributed by atoms with Crippen molar-refractivity contribution in [3.8, 4) is 0 Å². The Balaban J connectivity index is 1.35. The molecule has 0 fully saturated rings. The van der Waals surface area contributed by atoms with Crippen LogP contribution in [0.1, 0.15) is 0 Å². The third-order valence-electron chi connectivity index (χ3n) is 6.05. The van der Waals surface area contributed by atoms with Gasteiger partial charge in [0.05, 0.1) is 11.4 Å². The molecule has 4 heteroatoms. The van der Waals surface area contributed by atoms with Crippen molar-refractivity contribution in [1.82, 2.24) is 0 Å². The van der Waals surface area contributed by atoms with Crippen LogP contribution < -0.4 is 31.9 Å². The molecule has 5 aromatic carbocycles. The van der Waals surface area contributed by atoms with Gasteiger partial charge in [-0.2, -0.15) is 0 Å². The molecule has 0 saturated heterocycles. The Labute approximate surface area is 216 Å². The van der Waals surface area contributed by atoms with Gasteiger partial charge in [0.15, 0.2) is 0 Å². The summed E-state index contributed by atoms with van der Waals surface area (Å²) >= 11 is 0. The summed E-state index contributed by atoms with van der Waals surface area (Å²) in [5, 5.41) is 13.1. The van der Waals surface area contributed by atoms with E-state index in [9.17, 15) is 0 Å². The zero-order valence-electron chi connectivity index (χ0n) is 20.2. The molecule has 5 rings (SSSR count). The fourth-order valence-electron chi connectivity index (χ4n) is 4.21. The average Bonchev–Trinajstić information content (AvgIpc) is 2.96. The van der Waals surface area contributed by atoms with Gasteiger partial charge in [-0.3, -0.25) is 0 Å². The van der Waals surface area contributed by atoms with Crippen LogP contribution in [0.3, 0.4) is 0 Å². The second kappa shape index (κ2) is 12.5. The van der Waals surface area contributed by atoms with Gasteiger partial charge in [0, 0.05) is 12.6 Å². The Morgan fingerprint density at radius 1 is 0.333 bits per heavy atom. The summed E-state index contributed by atoms with van der Waals surface area (Å²) in [7, 11) is -1.03. The van der Waals surface area contributed by atoms with E-state index in [-0.39, 0.29) is 0 Å². The highest BCUT2D eigenvalue weighted by molar-refractivity contribution is 7.73. The van der Waals surface area contributed by atoms with Gasteiger partial charge in [-0.15, -0.1) is 0 Å². The lowest BCUT2D eigenvalue weighted by molar-refractivity contribution is 1.39. The standard InChI is InChI=1S/C32H30N2P2/c1-5-15-27(16-6-1)35(28-17-7-2-8-18-28)25-33-31-23-13-14-24-32(31)34-26-36(29-19-9-3-10-20-29)30-21-11-4-12-22-30/h1-24,33-34H,25-26H2. The first kappa shape index (κ1) is 24.3. The van der Waals surface area contributed by atoms with Gasteiger partial charge in [0.1, 0.15) is 0 Å². The number of anilines is 2. The molecule has 0 saturated carbocycles. The second-order valence-corrected chi connectivity index (χ2v) is 12.8. The molecule has 0 bridgehead atoms. The number of rotatable bonds is 10. The molecule has 0 aromatic heterocycles. The molecule has 2 nitrogen and oxygen atoms in total. The van der Waals surface area contributed by atoms with Crippen LogP contribution in [0, 0.1) is 0 Å². The molecule has 178 valence electrons. The lowest BCUT2D eigenvalue weighted by atomic mass is 10.2. The van der Waals surface area contributed by atoms with Gasteiger partial charge in [0.25, 0.3) is 0 Å². The molecule has 0 amide bonds. The summed E-state index contributed by atoms with van der Waals surface area (Å²) in [6.45, 7) is 0. The first-order chi connectivity index (χ1) is 17.9. The zero-order valence-corrected chi connectivity index (χ0v) is 22.0. The van der Waals surface area contributed by atoms with E-state index >= 15 is 0 Å². The molecule has 2 N–H and O–H groups in total. The number of para-hydroxylation sites is 2. The summed E-state index contributed by atoms with van der Waals surface area (Å²) in [4.78, 5) is 0. The van der Waals surface area contributed by atoms with Crippen LogP contribution in [0.5, 0.6) is 0 Å². The molecule has 0 atom stereocenters. The van der Waals surface area contributed by atoms with Crippen molar-refractivity contribution in [3.63, 3.8) is 0 Å². The average molecular weight is 505 g/mol. The molecule has 5 aromatic rings. The van der Waals surface area contributed by atoms with E-state index in [1.54, 1.807) is 0 Å². The topological polar surface area (TPSA) is 24.1 Å². The van der Waals surface area contributed by atoms with Gasteiger partial charge in [-0.25, -0.2) is 0 Å². The quantitative estimate of drug-likeness (QED) is 0.207. The van der Waals surface area contributed by atoms with Crippen molar-refractivity contribution in [3.05, 3.63) is 146 Å². The van der Waals surface area contributed by atoms with Crippen LogP contribution in [0.4, 0.5) is 11.4 Å². The monoisotopic (exact) mass is 504 g/mol. The molecule has 0 heterocycles. The van der Waals surface area contributed by atoms with Crippen LogP contribution in [0.2, 0.25) is 0 Å². The maximum absolute atomic E-state index is 3.79. The molecule has 36 heavy (non-hydrogen) atoms. The summed E-state index contributed by atoms with van der Waals surface area (Å²) < 4.78 is 0. The minimum atomic E-state index is -0.516. The van der Waals surface area contributed by atoms with Crippen molar-refractivity contribution in [2.24, 2.45) is 0 Å². The third-order valence-corrected chi connectivity index (χ3v) is 10.7. The predicted octanol–water partition coefficient (Wildman–Crippen LogP) is 6.69. The molecule has 0 radical (unpaired) electrons. The smallest absolute Gasteiger partial charge is 0.0579 e. The molecule has 0 spiro atoms. The Hall–Kier alpha value is -3.44. The van der Waals surface area contributed by atoms with Crippen molar-refractivity contribution < 1.29 is 0 Å². The maximum atomic E-state index is 3.79. The summed E-state index contributed by atoms with van der Waals surface area (Å²) in [5.74, 6) is 0. The Morgan fingerprint density at radius 3 is 0.861 bits per heavy atom. The highest BCUT2D eigenvalue weighted by Crippen LogP contribution is 2.37. The van der Waals surface area contributed by atoms with E-state index in [4.69, 9.17) is 0 Å². The molecule has 0 aliphatic heterocycles. The molecule has 0 aliphatic rings. The van der Waals surface area contributed by atoms with Crippen LogP contribution in [-0.4, -0.2) is 12.6 Å². The van der Waals surface area contributed by atoms with Gasteiger partial charge >= 0.3 is 0 Å². The lowest BCUT2D eigenvalue weighted by Gasteiger charge is -2.23. The predicted molar refractivity (Wildman–Crippen MR) is 162 cm³/mol. The minimum absolute atomic E-state index is 0.516. The van der Waals surface area contributed by atoms with Crippen molar-refractivity contribution in [2.75, 3.05) is 23.2 Å². The third kappa shape index (κ3) is 6.21. The zero-order chi connectivity index (χ0) is 24.4. The highest BCUT2D eigenvalue weighted by Gasteiger charge is 2.16. The van der Waals surface area contributed by atoms with Gasteiger partial charge in [-0.05, 0) is 49.2 Å². The minimum Gasteiger partial charge on any atom is -0.379 e. The Kier molecular flexibility index (Phi) is 8.42. The number of hydrogen-bond donors (Lipinski definition) is 2. The first-order valence-corrected chi connectivity index (χ1v) is 15.3. The van der Waals surface area contributed by atoms with Gasteiger partial charge in [-0.1, -0.05) is 133 Å². The van der Waals surface area contributed by atoms with Gasteiger partial charge < -0.3 is 10.6 Å². The van der Waals surface area contributed by atoms with Crippen LogP contribution in [0.25, 0.3) is 0 Å². The summed E-state index contributed by atoms with van der Waals surface area (Å²) in [6, 6.07) is 52.0. The molecular weight excluding hydrogens is 474 g/mol. The molecule has 0 aliphatic carbocycles. The van der Waals surface area contributed by atoms with Gasteiger partial charge in [0.2, 0.25) is 0 Å². The number of benzene rings is 5. The molecular formula is C32H30N2P2. The van der Waals surface area contributed by atoms with E-state index in [1.165, 1.54) is 21.2 Å². The van der Waals surface area contributed by atoms with Crippen LogP contribution in [0.15, 0.2) is 146 Å². The second-order valence-electron chi connectivity index (χ2n) is 8.41.